The van der Waals surface area contributed by atoms with Gasteiger partial charge in [-0.15, -0.1) is 0 Å². The zero-order chi connectivity index (χ0) is 43.7. The molecular weight excluding hydrogens is 774 g/mol. The molecule has 5 rings (SSSR count). The van der Waals surface area contributed by atoms with E-state index in [4.69, 9.17) is 14.9 Å². The van der Waals surface area contributed by atoms with Crippen molar-refractivity contribution < 1.29 is 49.1 Å². The first-order valence-corrected chi connectivity index (χ1v) is 21.1. The fourth-order valence-electron chi connectivity index (χ4n) is 5.52. The number of rotatable bonds is 11. The molecule has 316 valence electrons. The molecule has 0 spiro atoms. The summed E-state index contributed by atoms with van der Waals surface area (Å²) in [5.74, 6) is 2.20. The van der Waals surface area contributed by atoms with E-state index in [1.54, 1.807) is 39.8 Å². The number of carboxylic acid groups (broad SMARTS) is 2. The summed E-state index contributed by atoms with van der Waals surface area (Å²) in [6.07, 6.45) is 4.64. The molecule has 0 amide bonds. The number of phenols is 1. The first-order chi connectivity index (χ1) is 26.5. The Bertz CT molecular complexity index is 1720. The van der Waals surface area contributed by atoms with Gasteiger partial charge in [0.05, 0.1) is 5.41 Å². The number of carboxylic acids is 2. The van der Waals surface area contributed by atoms with Gasteiger partial charge < -0.3 is 24.9 Å². The molecule has 0 bridgehead atoms. The summed E-state index contributed by atoms with van der Waals surface area (Å²) in [6, 6.07) is 29.3. The van der Waals surface area contributed by atoms with Crippen molar-refractivity contribution in [2.24, 2.45) is 10.8 Å². The minimum Gasteiger partial charge on any atom is -0.550 e. The van der Waals surface area contributed by atoms with E-state index in [0.717, 1.165) is 18.6 Å². The Morgan fingerprint density at radius 1 is 0.655 bits per heavy atom. The van der Waals surface area contributed by atoms with Gasteiger partial charge in [-0.3, -0.25) is 4.79 Å². The second-order valence-corrected chi connectivity index (χ2v) is 17.4. The summed E-state index contributed by atoms with van der Waals surface area (Å²) in [5, 5.41) is 30.5. The molecule has 4 aromatic carbocycles. The van der Waals surface area contributed by atoms with Crippen LogP contribution in [0.2, 0.25) is 0 Å². The van der Waals surface area contributed by atoms with Crippen LogP contribution in [0.4, 0.5) is 0 Å². The van der Waals surface area contributed by atoms with Crippen LogP contribution in [0.3, 0.4) is 0 Å². The molecular formula is C51H75O6Zn+. The molecule has 0 heterocycles. The number of aliphatic carboxylic acids is 2. The number of carbonyl (C=O) groups is 2. The molecule has 7 heteroatoms. The van der Waals surface area contributed by atoms with Crippen molar-refractivity contribution >= 4 is 22.7 Å². The smallest absolute Gasteiger partial charge is 0.550 e. The number of carbonyl (C=O) groups excluding carboxylic acids is 1. The maximum Gasteiger partial charge on any atom is 2.00 e. The van der Waals surface area contributed by atoms with E-state index < -0.39 is 22.8 Å². The maximum absolute atomic E-state index is 10.3. The van der Waals surface area contributed by atoms with Crippen molar-refractivity contribution in [3.8, 4) is 11.5 Å². The molecule has 2 N–H and O–H groups in total. The van der Waals surface area contributed by atoms with Crippen LogP contribution in [0.25, 0.3) is 10.8 Å². The predicted octanol–water partition coefficient (Wildman–Crippen LogP) is 13.4. The molecule has 4 unspecified atom stereocenters. The molecule has 4 atom stereocenters. The fraction of sp³-hybridized carbons (Fsp3) is 0.529. The van der Waals surface area contributed by atoms with Crippen molar-refractivity contribution in [2.75, 3.05) is 0 Å². The predicted molar refractivity (Wildman–Crippen MR) is 239 cm³/mol. The van der Waals surface area contributed by atoms with Crippen molar-refractivity contribution in [3.63, 3.8) is 0 Å². The molecule has 4 aromatic rings. The zero-order valence-corrected chi connectivity index (χ0v) is 41.6. The fourth-order valence-corrected chi connectivity index (χ4v) is 5.52. The summed E-state index contributed by atoms with van der Waals surface area (Å²) in [6.45, 7) is 30.3. The molecule has 0 radical (unpaired) electrons. The Morgan fingerprint density at radius 2 is 1.05 bits per heavy atom. The van der Waals surface area contributed by atoms with Crippen molar-refractivity contribution in [3.05, 3.63) is 107 Å². The second-order valence-electron chi connectivity index (χ2n) is 17.4. The van der Waals surface area contributed by atoms with Crippen LogP contribution in [-0.2, 0) is 29.1 Å². The average molecular weight is 850 g/mol. The molecule has 0 saturated heterocycles. The monoisotopic (exact) mass is 847 g/mol. The maximum atomic E-state index is 10.3. The quantitative estimate of drug-likeness (QED) is 0.146. The third-order valence-electron chi connectivity index (χ3n) is 12.0. The standard InChI is InChI=1S/C15H24O.C14H14.C10H14O.2C6H12O2.Zn/c1-6-12(3)13-8-10-14(11-9-13)16-15(4,5)7-2;1-9-10(2)13-8-4-6-11-5-3-7-12(9)14(11)13;1-3-8(2)9-4-6-10(11)7-5-9;2*1-4-6(2,3)5(7)8;/h8-12H,6-7H2,1-5H3;3-10H,1-2H3;4-8,11H,3H2,1-2H3;2*4H2,1-3H3,(H,7,8);/q;;;;;+2/p-1. The Morgan fingerprint density at radius 3 is 1.34 bits per heavy atom. The number of phenolic OH excluding ortho intramolecular Hbond substituents is 1. The van der Waals surface area contributed by atoms with Gasteiger partial charge in [-0.25, -0.2) is 0 Å². The normalized spacial score (nSPS) is 15.2. The molecule has 0 aliphatic heterocycles. The van der Waals surface area contributed by atoms with Crippen LogP contribution in [0, 0.1) is 10.8 Å². The van der Waals surface area contributed by atoms with Gasteiger partial charge >= 0.3 is 25.4 Å². The van der Waals surface area contributed by atoms with Crippen LogP contribution >= 0.6 is 0 Å². The second kappa shape index (κ2) is 25.0. The Labute approximate surface area is 365 Å². The van der Waals surface area contributed by atoms with Gasteiger partial charge in [0.25, 0.3) is 0 Å². The molecule has 58 heavy (non-hydrogen) atoms. The van der Waals surface area contributed by atoms with E-state index in [1.807, 2.05) is 26.0 Å². The van der Waals surface area contributed by atoms with Crippen LogP contribution in [-0.4, -0.2) is 27.8 Å². The average Bonchev–Trinajstić information content (AvgIpc) is 3.44. The Hall–Kier alpha value is -3.70. The van der Waals surface area contributed by atoms with Gasteiger partial charge in [0.1, 0.15) is 17.1 Å². The van der Waals surface area contributed by atoms with E-state index in [0.29, 0.717) is 42.3 Å². The van der Waals surface area contributed by atoms with E-state index in [2.05, 4.69) is 123 Å². The van der Waals surface area contributed by atoms with Crippen LogP contribution in [0.15, 0.2) is 84.9 Å². The van der Waals surface area contributed by atoms with Gasteiger partial charge in [-0.2, -0.15) is 0 Å². The summed E-state index contributed by atoms with van der Waals surface area (Å²) in [7, 11) is 0. The van der Waals surface area contributed by atoms with E-state index in [1.165, 1.54) is 39.4 Å². The minimum absolute atomic E-state index is 0. The number of ether oxygens (including phenoxy) is 1. The molecule has 1 aliphatic carbocycles. The zero-order valence-electron chi connectivity index (χ0n) is 38.7. The number of hydrogen-bond acceptors (Lipinski definition) is 5. The Balaban J connectivity index is 0.000000717. The molecule has 0 fully saturated rings. The summed E-state index contributed by atoms with van der Waals surface area (Å²) < 4.78 is 5.92. The number of benzene rings is 4. The van der Waals surface area contributed by atoms with Crippen molar-refractivity contribution in [1.82, 2.24) is 0 Å². The summed E-state index contributed by atoms with van der Waals surface area (Å²) in [5.41, 5.74) is 4.49. The summed E-state index contributed by atoms with van der Waals surface area (Å²) >= 11 is 0. The largest absolute Gasteiger partial charge is 2.00 e. The first kappa shape index (κ1) is 54.3. The van der Waals surface area contributed by atoms with E-state index in [9.17, 15) is 14.7 Å². The topological polar surface area (TPSA) is 107 Å². The number of hydrogen-bond donors (Lipinski definition) is 2. The van der Waals surface area contributed by atoms with Crippen LogP contribution in [0.1, 0.15) is 182 Å². The van der Waals surface area contributed by atoms with E-state index >= 15 is 0 Å². The van der Waals surface area contributed by atoms with Crippen LogP contribution in [0.5, 0.6) is 11.5 Å². The van der Waals surface area contributed by atoms with Gasteiger partial charge in [0.2, 0.25) is 0 Å². The third-order valence-corrected chi connectivity index (χ3v) is 12.0. The van der Waals surface area contributed by atoms with Crippen LogP contribution < -0.4 is 9.84 Å². The van der Waals surface area contributed by atoms with E-state index in [-0.39, 0.29) is 25.1 Å². The summed E-state index contributed by atoms with van der Waals surface area (Å²) in [4.78, 5) is 20.4. The molecule has 1 aliphatic rings. The minimum atomic E-state index is -0.972. The molecule has 0 aromatic heterocycles. The Kier molecular flexibility index (Phi) is 23.4. The van der Waals surface area contributed by atoms with Gasteiger partial charge in [-0.1, -0.05) is 137 Å². The van der Waals surface area contributed by atoms with Crippen molar-refractivity contribution in [1.29, 1.82) is 0 Å². The number of aromatic hydroxyl groups is 1. The van der Waals surface area contributed by atoms with Gasteiger partial charge in [0.15, 0.2) is 0 Å². The third kappa shape index (κ3) is 16.9. The van der Waals surface area contributed by atoms with Gasteiger partial charge in [-0.05, 0) is 141 Å². The molecule has 6 nitrogen and oxygen atoms in total. The van der Waals surface area contributed by atoms with Gasteiger partial charge in [0, 0.05) is 11.4 Å². The van der Waals surface area contributed by atoms with Crippen molar-refractivity contribution in [2.45, 2.75) is 165 Å². The molecule has 0 saturated carbocycles. The SMILES string of the molecule is CC1c2cccc3cccc(c23)C1C.CCC(C)(C)C(=O)O.CCC(C)(C)C(=O)[O-].CCC(C)c1ccc(O)cc1.CCC(C)c1ccc(OC(C)(C)CC)cc1.[Zn+2]. The first-order valence-electron chi connectivity index (χ1n) is 21.1.